The van der Waals surface area contributed by atoms with Crippen molar-refractivity contribution in [3.63, 3.8) is 0 Å². The number of aliphatic hydroxyl groups is 1. The monoisotopic (exact) mass is 467 g/mol. The van der Waals surface area contributed by atoms with Crippen molar-refractivity contribution < 1.29 is 15.0 Å². The van der Waals surface area contributed by atoms with Gasteiger partial charge in [0.2, 0.25) is 5.95 Å². The number of nitrogens with one attached hydrogen (secondary N) is 1. The molecule has 33 heavy (non-hydrogen) atoms. The smallest absolute Gasteiger partial charge is 0.345 e. The molecule has 0 spiro atoms. The second kappa shape index (κ2) is 11.3. The van der Waals surface area contributed by atoms with Gasteiger partial charge in [-0.15, -0.1) is 11.3 Å². The zero-order valence-electron chi connectivity index (χ0n) is 18.5. The third-order valence-corrected chi connectivity index (χ3v) is 6.85. The topological polar surface area (TPSA) is 102 Å². The van der Waals surface area contributed by atoms with Crippen LogP contribution in [0.4, 0.5) is 11.6 Å². The van der Waals surface area contributed by atoms with E-state index in [-0.39, 0.29) is 11.5 Å². The van der Waals surface area contributed by atoms with Gasteiger partial charge in [-0.1, -0.05) is 12.1 Å². The Morgan fingerprint density at radius 1 is 1.00 bits per heavy atom. The Morgan fingerprint density at radius 3 is 2.39 bits per heavy atom. The van der Waals surface area contributed by atoms with E-state index in [2.05, 4.69) is 37.2 Å². The van der Waals surface area contributed by atoms with Crippen LogP contribution in [0.3, 0.4) is 0 Å². The third kappa shape index (κ3) is 6.58. The first-order chi connectivity index (χ1) is 16.1. The van der Waals surface area contributed by atoms with Crippen LogP contribution in [0.25, 0.3) is 10.6 Å². The van der Waals surface area contributed by atoms with E-state index in [0.717, 1.165) is 62.7 Å². The number of aryl methyl sites for hydroxylation is 1. The maximum absolute atomic E-state index is 11.1. The molecule has 1 aliphatic rings. The minimum absolute atomic E-state index is 0.241. The highest BCUT2D eigenvalue weighted by molar-refractivity contribution is 7.17. The molecular formula is C24H29N5O3S. The molecule has 0 saturated carbocycles. The molecule has 8 nitrogen and oxygen atoms in total. The minimum atomic E-state index is -0.931. The summed E-state index contributed by atoms with van der Waals surface area (Å²) in [6.45, 7) is 6.35. The number of hydrogen-bond donors (Lipinski definition) is 3. The molecule has 0 unspecified atom stereocenters. The summed E-state index contributed by atoms with van der Waals surface area (Å²) in [5.41, 5.74) is 2.90. The SMILES string of the molecule is O=C(O)c1ccc(-c2ccnc(Nc3ccc(CCCN4CCN(CCO)CC4)cc3)n2)s1. The van der Waals surface area contributed by atoms with Crippen LogP contribution in [0.2, 0.25) is 0 Å². The molecule has 0 aliphatic carbocycles. The van der Waals surface area contributed by atoms with E-state index < -0.39 is 5.97 Å². The van der Waals surface area contributed by atoms with Crippen molar-refractivity contribution in [2.24, 2.45) is 0 Å². The van der Waals surface area contributed by atoms with Gasteiger partial charge in [0.05, 0.1) is 17.2 Å². The van der Waals surface area contributed by atoms with E-state index in [1.807, 2.05) is 12.1 Å². The van der Waals surface area contributed by atoms with Crippen LogP contribution in [0.1, 0.15) is 21.7 Å². The van der Waals surface area contributed by atoms with Crippen molar-refractivity contribution in [1.29, 1.82) is 0 Å². The standard InChI is InChI=1S/C24H29N5O3S/c30-17-16-29-14-12-28(13-15-29)11-1-2-18-3-5-19(6-4-18)26-24-25-10-9-20(27-24)21-7-8-22(33-21)23(31)32/h3-10,30H,1-2,11-17H2,(H,31,32)(H,25,26,27). The number of hydrogen-bond acceptors (Lipinski definition) is 8. The minimum Gasteiger partial charge on any atom is -0.477 e. The van der Waals surface area contributed by atoms with Gasteiger partial charge >= 0.3 is 5.97 Å². The van der Waals surface area contributed by atoms with E-state index in [1.54, 1.807) is 24.4 Å². The molecule has 174 valence electrons. The zero-order valence-corrected chi connectivity index (χ0v) is 19.3. The van der Waals surface area contributed by atoms with Crippen molar-refractivity contribution >= 4 is 28.9 Å². The van der Waals surface area contributed by atoms with E-state index in [1.165, 1.54) is 16.9 Å². The highest BCUT2D eigenvalue weighted by Gasteiger charge is 2.15. The second-order valence-corrected chi connectivity index (χ2v) is 9.15. The van der Waals surface area contributed by atoms with Crippen LogP contribution in [0.5, 0.6) is 0 Å². The van der Waals surface area contributed by atoms with Gasteiger partial charge in [0.15, 0.2) is 0 Å². The first-order valence-electron chi connectivity index (χ1n) is 11.2. The summed E-state index contributed by atoms with van der Waals surface area (Å²) in [6.07, 6.45) is 3.83. The van der Waals surface area contributed by atoms with Crippen LogP contribution < -0.4 is 5.32 Å². The lowest BCUT2D eigenvalue weighted by Gasteiger charge is -2.34. The normalized spacial score (nSPS) is 14.9. The fraction of sp³-hybridized carbons (Fsp3) is 0.375. The van der Waals surface area contributed by atoms with Crippen molar-refractivity contribution in [1.82, 2.24) is 19.8 Å². The number of rotatable bonds is 10. The molecule has 0 atom stereocenters. The number of piperazine rings is 1. The Bertz CT molecular complexity index is 1050. The van der Waals surface area contributed by atoms with E-state index >= 15 is 0 Å². The van der Waals surface area contributed by atoms with E-state index in [4.69, 9.17) is 10.2 Å². The van der Waals surface area contributed by atoms with E-state index in [9.17, 15) is 4.79 Å². The maximum atomic E-state index is 11.1. The van der Waals surface area contributed by atoms with Gasteiger partial charge < -0.3 is 20.4 Å². The van der Waals surface area contributed by atoms with Crippen molar-refractivity contribution in [3.05, 3.63) is 59.1 Å². The zero-order chi connectivity index (χ0) is 23.0. The molecule has 4 rings (SSSR count). The van der Waals surface area contributed by atoms with Gasteiger partial charge in [-0.25, -0.2) is 14.8 Å². The molecule has 9 heteroatoms. The van der Waals surface area contributed by atoms with Gasteiger partial charge in [0.1, 0.15) is 4.88 Å². The van der Waals surface area contributed by atoms with Crippen LogP contribution in [-0.4, -0.2) is 81.8 Å². The molecule has 1 aromatic carbocycles. The molecule has 1 saturated heterocycles. The number of carboxylic acid groups (broad SMARTS) is 1. The second-order valence-electron chi connectivity index (χ2n) is 8.07. The largest absolute Gasteiger partial charge is 0.477 e. The Morgan fingerprint density at radius 2 is 1.73 bits per heavy atom. The molecule has 3 heterocycles. The first kappa shape index (κ1) is 23.3. The summed E-state index contributed by atoms with van der Waals surface area (Å²) in [7, 11) is 0. The predicted octanol–water partition coefficient (Wildman–Crippen LogP) is 3.19. The Kier molecular flexibility index (Phi) is 8.01. The van der Waals surface area contributed by atoms with Gasteiger partial charge in [0.25, 0.3) is 0 Å². The van der Waals surface area contributed by atoms with Crippen molar-refractivity contribution in [2.75, 3.05) is 51.2 Å². The fourth-order valence-electron chi connectivity index (χ4n) is 3.92. The lowest BCUT2D eigenvalue weighted by Crippen LogP contribution is -2.47. The number of carbonyl (C=O) groups is 1. The number of benzene rings is 1. The molecule has 3 N–H and O–H groups in total. The number of aromatic carboxylic acids is 1. The molecule has 1 fully saturated rings. The summed E-state index contributed by atoms with van der Waals surface area (Å²) in [4.78, 5) is 25.8. The van der Waals surface area contributed by atoms with Crippen LogP contribution in [0, 0.1) is 0 Å². The predicted molar refractivity (Wildman–Crippen MR) is 130 cm³/mol. The van der Waals surface area contributed by atoms with Crippen LogP contribution >= 0.6 is 11.3 Å². The number of anilines is 2. The van der Waals surface area contributed by atoms with Gasteiger partial charge in [-0.2, -0.15) is 0 Å². The lowest BCUT2D eigenvalue weighted by molar-refractivity contribution is 0.0702. The average Bonchev–Trinajstić information content (AvgIpc) is 3.33. The summed E-state index contributed by atoms with van der Waals surface area (Å²) in [5.74, 6) is -0.453. The summed E-state index contributed by atoms with van der Waals surface area (Å²) in [6, 6.07) is 13.5. The molecule has 0 radical (unpaired) electrons. The molecule has 1 aliphatic heterocycles. The Labute approximate surface area is 197 Å². The number of thiophene rings is 1. The molecular weight excluding hydrogens is 438 g/mol. The van der Waals surface area contributed by atoms with Gasteiger partial charge in [0, 0.05) is 44.6 Å². The fourth-order valence-corrected chi connectivity index (χ4v) is 4.73. The summed E-state index contributed by atoms with van der Waals surface area (Å²) in [5, 5.41) is 21.4. The van der Waals surface area contributed by atoms with Crippen LogP contribution in [0.15, 0.2) is 48.7 Å². The highest BCUT2D eigenvalue weighted by atomic mass is 32.1. The summed E-state index contributed by atoms with van der Waals surface area (Å²) < 4.78 is 0. The molecule has 3 aromatic rings. The lowest BCUT2D eigenvalue weighted by atomic mass is 10.1. The number of nitrogens with zero attached hydrogens (tertiary/aromatic N) is 4. The Hall–Kier alpha value is -2.85. The van der Waals surface area contributed by atoms with Crippen LogP contribution in [-0.2, 0) is 6.42 Å². The average molecular weight is 468 g/mol. The molecule has 2 aromatic heterocycles. The van der Waals surface area contributed by atoms with Gasteiger partial charge in [-0.3, -0.25) is 4.90 Å². The van der Waals surface area contributed by atoms with Crippen molar-refractivity contribution in [3.8, 4) is 10.6 Å². The maximum Gasteiger partial charge on any atom is 0.345 e. The number of aliphatic hydroxyl groups excluding tert-OH is 1. The number of aromatic nitrogens is 2. The number of carboxylic acids is 1. The highest BCUT2D eigenvalue weighted by Crippen LogP contribution is 2.27. The molecule has 0 bridgehead atoms. The quantitative estimate of drug-likeness (QED) is 0.418. The summed E-state index contributed by atoms with van der Waals surface area (Å²) >= 11 is 1.20. The molecule has 0 amide bonds. The van der Waals surface area contributed by atoms with E-state index in [0.29, 0.717) is 11.6 Å². The first-order valence-corrected chi connectivity index (χ1v) is 12.0. The Balaban J connectivity index is 1.26. The van der Waals surface area contributed by atoms with Crippen molar-refractivity contribution in [2.45, 2.75) is 12.8 Å². The number of β-amino-alcohol motifs (C(OH)–C–C–N with tert-alkyl or cyclic N) is 1. The third-order valence-electron chi connectivity index (χ3n) is 5.76. The van der Waals surface area contributed by atoms with Gasteiger partial charge in [-0.05, 0) is 55.3 Å².